The lowest BCUT2D eigenvalue weighted by atomic mass is 10.1. The van der Waals surface area contributed by atoms with E-state index in [1.165, 1.54) is 30.5 Å². The van der Waals surface area contributed by atoms with Crippen LogP contribution in [0.3, 0.4) is 0 Å². The van der Waals surface area contributed by atoms with Crippen LogP contribution in [0.25, 0.3) is 23.0 Å². The Morgan fingerprint density at radius 2 is 1.67 bits per heavy atom. The molecule has 0 aliphatic rings. The first-order chi connectivity index (χ1) is 12.6. The smallest absolute Gasteiger partial charge is 0.237 e. The molecule has 0 saturated carbocycles. The van der Waals surface area contributed by atoms with Gasteiger partial charge in [0.05, 0.1) is 5.56 Å². The normalized spacial score (nSPS) is 11.5. The van der Waals surface area contributed by atoms with Gasteiger partial charge in [0.15, 0.2) is 5.82 Å². The van der Waals surface area contributed by atoms with Gasteiger partial charge in [-0.05, 0) is 30.3 Å². The first-order valence-electron chi connectivity index (χ1n) is 7.40. The third-order valence-corrected chi connectivity index (χ3v) is 3.87. The molecule has 27 heavy (non-hydrogen) atoms. The number of rotatable bonds is 3. The standard InChI is InChI=1S/C18H9Cl2F5N2/c19-16(20)7-11-9-27(15-6-5-13(21)8-14(15)22)26-17(11)10-1-3-12(4-2-10)18(23,24)25/h1-9H. The van der Waals surface area contributed by atoms with Crippen LogP contribution in [-0.2, 0) is 6.18 Å². The van der Waals surface area contributed by atoms with Gasteiger partial charge in [-0.1, -0.05) is 35.3 Å². The van der Waals surface area contributed by atoms with Crippen molar-refractivity contribution in [2.24, 2.45) is 0 Å². The fraction of sp³-hybridized carbons (Fsp3) is 0.0556. The molecule has 0 saturated heterocycles. The Kier molecular flexibility index (Phi) is 5.26. The van der Waals surface area contributed by atoms with Gasteiger partial charge in [-0.3, -0.25) is 0 Å². The van der Waals surface area contributed by atoms with Crippen molar-refractivity contribution in [1.82, 2.24) is 9.78 Å². The zero-order valence-electron chi connectivity index (χ0n) is 13.2. The predicted octanol–water partition coefficient (Wildman–Crippen LogP) is 6.61. The maximum atomic E-state index is 14.0. The second-order valence-electron chi connectivity index (χ2n) is 5.48. The lowest BCUT2D eigenvalue weighted by molar-refractivity contribution is -0.137. The maximum Gasteiger partial charge on any atom is 0.416 e. The Hall–Kier alpha value is -2.38. The molecule has 1 aromatic heterocycles. The minimum atomic E-state index is -4.47. The van der Waals surface area contributed by atoms with E-state index in [0.29, 0.717) is 17.2 Å². The molecular weight excluding hydrogens is 410 g/mol. The molecule has 3 aromatic rings. The Morgan fingerprint density at radius 1 is 1.00 bits per heavy atom. The highest BCUT2D eigenvalue weighted by Crippen LogP contribution is 2.32. The van der Waals surface area contributed by atoms with Gasteiger partial charge >= 0.3 is 6.18 Å². The largest absolute Gasteiger partial charge is 0.416 e. The SMILES string of the molecule is Fc1ccc(-n2cc(C=C(Cl)Cl)c(-c3ccc(C(F)(F)F)cc3)n2)c(F)c1. The van der Waals surface area contributed by atoms with Crippen LogP contribution in [0.1, 0.15) is 11.1 Å². The molecule has 0 amide bonds. The van der Waals surface area contributed by atoms with Crippen LogP contribution < -0.4 is 0 Å². The minimum absolute atomic E-state index is 0.0464. The van der Waals surface area contributed by atoms with E-state index in [4.69, 9.17) is 23.2 Å². The Balaban J connectivity index is 2.11. The molecule has 2 aromatic carbocycles. The molecule has 2 nitrogen and oxygen atoms in total. The summed E-state index contributed by atoms with van der Waals surface area (Å²) in [5, 5.41) is 4.20. The summed E-state index contributed by atoms with van der Waals surface area (Å²) < 4.78 is 66.4. The Morgan fingerprint density at radius 3 is 2.22 bits per heavy atom. The molecular formula is C18H9Cl2F5N2. The molecule has 0 fully saturated rings. The molecule has 0 atom stereocenters. The fourth-order valence-corrected chi connectivity index (χ4v) is 2.68. The number of hydrogen-bond acceptors (Lipinski definition) is 1. The van der Waals surface area contributed by atoms with E-state index in [0.717, 1.165) is 22.9 Å². The van der Waals surface area contributed by atoms with Crippen molar-refractivity contribution in [2.45, 2.75) is 6.18 Å². The van der Waals surface area contributed by atoms with Crippen LogP contribution in [0.15, 0.2) is 53.2 Å². The maximum absolute atomic E-state index is 14.0. The third-order valence-electron chi connectivity index (χ3n) is 3.65. The predicted molar refractivity (Wildman–Crippen MR) is 93.6 cm³/mol. The van der Waals surface area contributed by atoms with E-state index >= 15 is 0 Å². The summed E-state index contributed by atoms with van der Waals surface area (Å²) in [5.74, 6) is -1.61. The average molecular weight is 419 g/mol. The lowest BCUT2D eigenvalue weighted by Crippen LogP contribution is -2.04. The van der Waals surface area contributed by atoms with E-state index in [-0.39, 0.29) is 15.9 Å². The number of alkyl halides is 3. The van der Waals surface area contributed by atoms with Gasteiger partial charge in [-0.2, -0.15) is 18.3 Å². The third kappa shape index (κ3) is 4.31. The van der Waals surface area contributed by atoms with Gasteiger partial charge in [0.1, 0.15) is 21.7 Å². The van der Waals surface area contributed by atoms with Crippen molar-refractivity contribution in [2.75, 3.05) is 0 Å². The van der Waals surface area contributed by atoms with Crippen molar-refractivity contribution in [3.63, 3.8) is 0 Å². The van der Waals surface area contributed by atoms with E-state index in [1.54, 1.807) is 0 Å². The first kappa shape index (κ1) is 19.4. The van der Waals surface area contributed by atoms with Crippen LogP contribution in [0.4, 0.5) is 22.0 Å². The number of aromatic nitrogens is 2. The molecule has 0 N–H and O–H groups in total. The molecule has 0 unspecified atom stereocenters. The van der Waals surface area contributed by atoms with Crippen molar-refractivity contribution < 1.29 is 22.0 Å². The fourth-order valence-electron chi connectivity index (χ4n) is 2.44. The second kappa shape index (κ2) is 7.32. The number of benzene rings is 2. The summed E-state index contributed by atoms with van der Waals surface area (Å²) in [7, 11) is 0. The quantitative estimate of drug-likeness (QED) is 0.437. The highest BCUT2D eigenvalue weighted by molar-refractivity contribution is 6.57. The van der Waals surface area contributed by atoms with Gasteiger partial charge in [0.2, 0.25) is 0 Å². The zero-order valence-corrected chi connectivity index (χ0v) is 14.7. The van der Waals surface area contributed by atoms with E-state index < -0.39 is 23.4 Å². The summed E-state index contributed by atoms with van der Waals surface area (Å²) in [6, 6.07) is 7.21. The van der Waals surface area contributed by atoms with Gasteiger partial charge in [-0.15, -0.1) is 0 Å². The van der Waals surface area contributed by atoms with E-state index in [1.807, 2.05) is 0 Å². The summed E-state index contributed by atoms with van der Waals surface area (Å²) in [5.41, 5.74) is 0.0486. The summed E-state index contributed by atoms with van der Waals surface area (Å²) >= 11 is 11.4. The summed E-state index contributed by atoms with van der Waals surface area (Å²) in [4.78, 5) is 0. The van der Waals surface area contributed by atoms with Gasteiger partial charge < -0.3 is 0 Å². The molecule has 9 heteroatoms. The van der Waals surface area contributed by atoms with Crippen LogP contribution in [0, 0.1) is 11.6 Å². The summed E-state index contributed by atoms with van der Waals surface area (Å²) in [6.45, 7) is 0. The van der Waals surface area contributed by atoms with Crippen LogP contribution in [0.2, 0.25) is 0 Å². The van der Waals surface area contributed by atoms with Crippen molar-refractivity contribution in [1.29, 1.82) is 0 Å². The van der Waals surface area contributed by atoms with Crippen LogP contribution >= 0.6 is 23.2 Å². The number of nitrogens with zero attached hydrogens (tertiary/aromatic N) is 2. The van der Waals surface area contributed by atoms with E-state index in [9.17, 15) is 22.0 Å². The van der Waals surface area contributed by atoms with Gasteiger partial charge in [0.25, 0.3) is 0 Å². The van der Waals surface area contributed by atoms with Crippen molar-refractivity contribution in [3.05, 3.63) is 75.9 Å². The minimum Gasteiger partial charge on any atom is -0.237 e. The van der Waals surface area contributed by atoms with E-state index in [2.05, 4.69) is 5.10 Å². The molecule has 0 aliphatic heterocycles. The molecule has 0 spiro atoms. The second-order valence-corrected chi connectivity index (χ2v) is 6.49. The van der Waals surface area contributed by atoms with Crippen molar-refractivity contribution >= 4 is 29.3 Å². The first-order valence-corrected chi connectivity index (χ1v) is 8.16. The van der Waals surface area contributed by atoms with Crippen molar-refractivity contribution in [3.8, 4) is 16.9 Å². The van der Waals surface area contributed by atoms with Gasteiger partial charge in [0, 0.05) is 23.4 Å². The lowest BCUT2D eigenvalue weighted by Gasteiger charge is -2.07. The summed E-state index contributed by atoms with van der Waals surface area (Å²) in [6.07, 6.45) is -1.77. The molecule has 0 radical (unpaired) electrons. The highest BCUT2D eigenvalue weighted by Gasteiger charge is 2.30. The average Bonchev–Trinajstić information content (AvgIpc) is 2.97. The molecule has 0 bridgehead atoms. The topological polar surface area (TPSA) is 17.8 Å². The number of hydrogen-bond donors (Lipinski definition) is 0. The monoisotopic (exact) mass is 418 g/mol. The Labute approximate surface area is 160 Å². The molecule has 0 aliphatic carbocycles. The molecule has 1 heterocycles. The zero-order chi connectivity index (χ0) is 19.8. The van der Waals surface area contributed by atoms with Crippen LogP contribution in [0.5, 0.6) is 0 Å². The molecule has 3 rings (SSSR count). The highest BCUT2D eigenvalue weighted by atomic mass is 35.5. The number of halogens is 7. The molecule has 140 valence electrons. The van der Waals surface area contributed by atoms with Gasteiger partial charge in [-0.25, -0.2) is 13.5 Å². The van der Waals surface area contributed by atoms with Crippen LogP contribution in [-0.4, -0.2) is 9.78 Å². The Bertz CT molecular complexity index is 1000.